The zero-order chi connectivity index (χ0) is 38.3. The summed E-state index contributed by atoms with van der Waals surface area (Å²) in [6.07, 6.45) is -2.21. The van der Waals surface area contributed by atoms with Crippen LogP contribution in [0.5, 0.6) is 5.75 Å². The second-order valence-corrected chi connectivity index (χ2v) is 12.8. The highest BCUT2D eigenvalue weighted by Crippen LogP contribution is 2.22. The lowest BCUT2D eigenvalue weighted by Crippen LogP contribution is -2.67. The summed E-state index contributed by atoms with van der Waals surface area (Å²) in [6.45, 7) is 3.68. The highest BCUT2D eigenvalue weighted by molar-refractivity contribution is 6.41. The molecule has 0 radical (unpaired) electrons. The van der Waals surface area contributed by atoms with Crippen molar-refractivity contribution in [1.29, 1.82) is 0 Å². The van der Waals surface area contributed by atoms with Gasteiger partial charge in [-0.1, -0.05) is 56.3 Å². The Balaban J connectivity index is 2.64. The summed E-state index contributed by atoms with van der Waals surface area (Å²) < 4.78 is 0. The third-order valence-corrected chi connectivity index (χ3v) is 8.03. The lowest BCUT2D eigenvalue weighted by atomic mass is 9.84. The number of carbonyl (C=O) groups is 7. The number of rotatable bonds is 23. The van der Waals surface area contributed by atoms with Gasteiger partial charge in [-0.25, -0.2) is 16.3 Å². The fourth-order valence-corrected chi connectivity index (χ4v) is 5.22. The van der Waals surface area contributed by atoms with Crippen LogP contribution in [0.1, 0.15) is 57.1 Å². The number of nitrogens with two attached hydrogens (primary N) is 4. The minimum absolute atomic E-state index is 0.0184. The van der Waals surface area contributed by atoms with Gasteiger partial charge in [0.05, 0.1) is 30.6 Å². The van der Waals surface area contributed by atoms with E-state index in [0.717, 1.165) is 0 Å². The Morgan fingerprint density at radius 1 is 0.824 bits per heavy atom. The number of hydrogen-bond donors (Lipinski definition) is 10. The first kappa shape index (κ1) is 42.3. The zero-order valence-electron chi connectivity index (χ0n) is 28.6. The van der Waals surface area contributed by atoms with Crippen LogP contribution in [0.15, 0.2) is 54.6 Å². The molecule has 3 amide bonds. The van der Waals surface area contributed by atoms with Gasteiger partial charge in [0, 0.05) is 19.3 Å². The first-order valence-electron chi connectivity index (χ1n) is 16.3. The van der Waals surface area contributed by atoms with Crippen LogP contribution in [0, 0.1) is 5.92 Å². The summed E-state index contributed by atoms with van der Waals surface area (Å²) in [5.41, 5.74) is 23.9. The molecule has 5 atom stereocenters. The number of primary amides is 1. The third kappa shape index (κ3) is 13.7. The molecule has 0 aliphatic rings. The maximum absolute atomic E-state index is 14.2. The monoisotopic (exact) mass is 712 g/mol. The smallest absolute Gasteiger partial charge is 0.305 e. The molecule has 0 saturated carbocycles. The van der Waals surface area contributed by atoms with Crippen molar-refractivity contribution in [1.82, 2.24) is 21.6 Å². The lowest BCUT2D eigenvalue weighted by Gasteiger charge is -2.36. The molecule has 0 aliphatic heterocycles. The number of carboxylic acids is 1. The Morgan fingerprint density at radius 2 is 1.43 bits per heavy atom. The number of Topliss-reactive ketones (excluding diaryl/α,β-unsaturated/α-hetero) is 3. The molecule has 0 spiro atoms. The number of phenolic OH excluding ortho intramolecular Hbond substituents is 1. The molecule has 1 unspecified atom stereocenters. The summed E-state index contributed by atoms with van der Waals surface area (Å²) in [4.78, 5) is 90.1. The predicted octanol–water partition coefficient (Wildman–Crippen LogP) is -1.61. The van der Waals surface area contributed by atoms with Crippen LogP contribution < -0.4 is 44.6 Å². The van der Waals surface area contributed by atoms with E-state index in [9.17, 15) is 38.7 Å². The Hall–Kier alpha value is -4.91. The largest absolute Gasteiger partial charge is 0.508 e. The second-order valence-electron chi connectivity index (χ2n) is 12.8. The summed E-state index contributed by atoms with van der Waals surface area (Å²) in [6, 6.07) is 8.88. The van der Waals surface area contributed by atoms with Crippen LogP contribution in [0.3, 0.4) is 0 Å². The molecule has 14 N–H and O–H groups in total. The molecule has 0 bridgehead atoms. The minimum atomic E-state index is -1.97. The van der Waals surface area contributed by atoms with E-state index in [1.807, 2.05) is 13.8 Å². The topological polar surface area (TPSA) is 312 Å². The van der Waals surface area contributed by atoms with Crippen molar-refractivity contribution in [3.8, 4) is 5.75 Å². The number of imide groups is 1. The van der Waals surface area contributed by atoms with E-state index in [1.165, 1.54) is 24.3 Å². The summed E-state index contributed by atoms with van der Waals surface area (Å²) in [5, 5.41) is 21.0. The van der Waals surface area contributed by atoms with E-state index in [-0.39, 0.29) is 37.4 Å². The van der Waals surface area contributed by atoms with Crippen molar-refractivity contribution in [3.63, 3.8) is 0 Å². The molecule has 2 aromatic rings. The number of nitrogens with one attached hydrogen (secondary N) is 4. The van der Waals surface area contributed by atoms with E-state index in [0.29, 0.717) is 11.1 Å². The fourth-order valence-electron chi connectivity index (χ4n) is 5.22. The number of ketones is 3. The molecule has 51 heavy (non-hydrogen) atoms. The highest BCUT2D eigenvalue weighted by atomic mass is 16.4. The predicted molar refractivity (Wildman–Crippen MR) is 185 cm³/mol. The quantitative estimate of drug-likeness (QED) is 0.0352. The van der Waals surface area contributed by atoms with Gasteiger partial charge in [-0.2, -0.15) is 0 Å². The van der Waals surface area contributed by atoms with Crippen molar-refractivity contribution < 1.29 is 43.8 Å². The fraction of sp³-hybridized carbons (Fsp3) is 0.441. The molecule has 17 nitrogen and oxygen atoms in total. The van der Waals surface area contributed by atoms with Crippen LogP contribution in [-0.4, -0.2) is 81.0 Å². The van der Waals surface area contributed by atoms with Gasteiger partial charge in [0.25, 0.3) is 0 Å². The van der Waals surface area contributed by atoms with Gasteiger partial charge < -0.3 is 27.4 Å². The average molecular weight is 713 g/mol. The van der Waals surface area contributed by atoms with Crippen LogP contribution in [0.2, 0.25) is 0 Å². The maximum atomic E-state index is 14.2. The molecule has 278 valence electrons. The molecular formula is C34H48N8O9. The van der Waals surface area contributed by atoms with Gasteiger partial charge in [0.15, 0.2) is 0 Å². The van der Waals surface area contributed by atoms with Crippen LogP contribution >= 0.6 is 0 Å². The summed E-state index contributed by atoms with van der Waals surface area (Å²) in [5.74, 6) is -1.26. The van der Waals surface area contributed by atoms with Gasteiger partial charge in [-0.05, 0) is 48.4 Å². The van der Waals surface area contributed by atoms with E-state index < -0.39 is 90.0 Å². The number of aromatic hydroxyl groups is 1. The number of hydrogen-bond acceptors (Lipinski definition) is 14. The lowest BCUT2D eigenvalue weighted by molar-refractivity contribution is -0.142. The molecule has 0 heterocycles. The van der Waals surface area contributed by atoms with Crippen LogP contribution in [-0.2, 0) is 46.4 Å². The maximum Gasteiger partial charge on any atom is 0.305 e. The zero-order valence-corrected chi connectivity index (χ0v) is 28.6. The van der Waals surface area contributed by atoms with E-state index >= 15 is 0 Å². The average Bonchev–Trinajstić information content (AvgIpc) is 3.07. The minimum Gasteiger partial charge on any atom is -0.508 e. The molecule has 0 aliphatic carbocycles. The molecule has 17 heteroatoms. The molecule has 0 aromatic heterocycles. The highest BCUT2D eigenvalue weighted by Gasteiger charge is 2.42. The number of aliphatic carboxylic acids is 1. The first-order valence-corrected chi connectivity index (χ1v) is 16.3. The molecular weight excluding hydrogens is 664 g/mol. The van der Waals surface area contributed by atoms with Crippen molar-refractivity contribution in [2.75, 3.05) is 0 Å². The number of carboxylic acid groups (broad SMARTS) is 1. The molecule has 2 rings (SSSR count). The Bertz CT molecular complexity index is 1540. The van der Waals surface area contributed by atoms with Gasteiger partial charge >= 0.3 is 5.97 Å². The van der Waals surface area contributed by atoms with E-state index in [4.69, 9.17) is 28.2 Å². The van der Waals surface area contributed by atoms with Gasteiger partial charge in [-0.15, -0.1) is 0 Å². The molecule has 0 saturated heterocycles. The first-order chi connectivity index (χ1) is 24.0. The van der Waals surface area contributed by atoms with E-state index in [2.05, 4.69) is 21.6 Å². The van der Waals surface area contributed by atoms with E-state index in [1.54, 1.807) is 30.3 Å². The van der Waals surface area contributed by atoms with Gasteiger partial charge in [0.2, 0.25) is 29.3 Å². The van der Waals surface area contributed by atoms with Crippen LogP contribution in [0.4, 0.5) is 0 Å². The van der Waals surface area contributed by atoms with Crippen molar-refractivity contribution >= 4 is 41.0 Å². The van der Waals surface area contributed by atoms with Crippen molar-refractivity contribution in [2.45, 2.75) is 88.5 Å². The summed E-state index contributed by atoms with van der Waals surface area (Å²) >= 11 is 0. The van der Waals surface area contributed by atoms with Gasteiger partial charge in [-0.3, -0.25) is 44.7 Å². The van der Waals surface area contributed by atoms with Crippen molar-refractivity contribution in [2.24, 2.45) is 29.0 Å². The molecule has 2 aromatic carbocycles. The SMILES string of the molecule is CC(C)C[C@H](NN)C(=O)C(=O)[C@H](Cc1ccc(O)cc1)NNC(CCC(=O)[C@@H](N)CC(N)=O)(Cc1ccccc1)C(=O)NC(=O)[C@@H](N)CC(=O)O. The number of benzene rings is 2. The number of carbonyl (C=O) groups excluding carboxylic acids is 6. The second kappa shape index (κ2) is 20.1. The Kier molecular flexibility index (Phi) is 16.6. The Morgan fingerprint density at radius 3 is 1.98 bits per heavy atom. The standard InChI is InChI=1S/C34H48N8O9/c1-19(2)14-25(40-38)30(48)31(49)26(15-20-8-10-22(43)11-9-20)41-42-34(18-21-6-4-3-5-7-21,13-12-27(44)23(35)16-28(37)45)33(51)39-32(50)24(36)17-29(46)47/h3-11,19,23-26,40-43H,12-18,35-36,38H2,1-2H3,(H2,37,45)(H,46,47)(H,39,50,51)/t23-,24-,25-,26-,34?/m0/s1. The van der Waals surface area contributed by atoms with Gasteiger partial charge in [0.1, 0.15) is 17.1 Å². The third-order valence-electron chi connectivity index (χ3n) is 8.03. The van der Waals surface area contributed by atoms with Crippen LogP contribution in [0.25, 0.3) is 0 Å². The Labute approximate surface area is 295 Å². The number of hydrazine groups is 2. The summed E-state index contributed by atoms with van der Waals surface area (Å²) in [7, 11) is 0. The number of amides is 3. The number of phenols is 1. The molecule has 0 fully saturated rings. The normalized spacial score (nSPS) is 14.8. The van der Waals surface area contributed by atoms with Crippen molar-refractivity contribution in [3.05, 3.63) is 65.7 Å².